The monoisotopic (exact) mass is 279 g/mol. The highest BCUT2D eigenvalue weighted by molar-refractivity contribution is 5.25. The molecule has 1 aliphatic rings. The maximum absolute atomic E-state index is 14.2. The highest BCUT2D eigenvalue weighted by atomic mass is 19.1. The molecular weight excluding hydrogens is 253 g/mol. The number of ether oxygens (including phenoxy) is 1. The third kappa shape index (κ3) is 3.04. The van der Waals surface area contributed by atoms with Gasteiger partial charge in [0.2, 0.25) is 0 Å². The summed E-state index contributed by atoms with van der Waals surface area (Å²) in [5.74, 6) is 0.589. The number of likely N-dealkylation sites (N-methyl/N-ethyl adjacent to an activating group) is 1. The summed E-state index contributed by atoms with van der Waals surface area (Å²) in [5, 5.41) is 3.30. The summed E-state index contributed by atoms with van der Waals surface area (Å²) < 4.78 is 20.3. The van der Waals surface area contributed by atoms with Gasteiger partial charge in [-0.2, -0.15) is 0 Å². The Kier molecular flexibility index (Phi) is 5.17. The van der Waals surface area contributed by atoms with Crippen LogP contribution in [0.4, 0.5) is 4.39 Å². The lowest BCUT2D eigenvalue weighted by Gasteiger charge is -2.45. The fraction of sp³-hybridized carbons (Fsp3) is 0.647. The van der Waals surface area contributed by atoms with E-state index in [4.69, 9.17) is 4.74 Å². The van der Waals surface area contributed by atoms with Gasteiger partial charge in [-0.3, -0.25) is 0 Å². The largest absolute Gasteiger partial charge is 0.373 e. The molecule has 1 unspecified atom stereocenters. The number of hydrogen-bond acceptors (Lipinski definition) is 2. The second-order valence-corrected chi connectivity index (χ2v) is 5.92. The molecule has 1 saturated carbocycles. The maximum atomic E-state index is 14.2. The molecule has 1 atom stereocenters. The molecule has 1 fully saturated rings. The van der Waals surface area contributed by atoms with Crippen molar-refractivity contribution in [1.82, 2.24) is 5.32 Å². The summed E-state index contributed by atoms with van der Waals surface area (Å²) in [5.41, 5.74) is 0.441. The first-order valence-corrected chi connectivity index (χ1v) is 7.68. The number of hydrogen-bond donors (Lipinski definition) is 1. The van der Waals surface area contributed by atoms with E-state index < -0.39 is 0 Å². The highest BCUT2D eigenvalue weighted by Crippen LogP contribution is 2.43. The second kappa shape index (κ2) is 6.68. The van der Waals surface area contributed by atoms with Gasteiger partial charge in [0, 0.05) is 12.2 Å². The maximum Gasteiger partial charge on any atom is 0.128 e. The third-order valence-corrected chi connectivity index (χ3v) is 4.58. The lowest BCUT2D eigenvalue weighted by Crippen LogP contribution is -2.48. The smallest absolute Gasteiger partial charge is 0.128 e. The molecule has 112 valence electrons. The first-order chi connectivity index (χ1) is 9.63. The van der Waals surface area contributed by atoms with Gasteiger partial charge in [-0.25, -0.2) is 4.39 Å². The lowest BCUT2D eigenvalue weighted by molar-refractivity contribution is -0.0968. The van der Waals surface area contributed by atoms with Crippen molar-refractivity contribution in [2.24, 2.45) is 5.92 Å². The standard InChI is InChI=1S/C17H26FNO/c1-4-20-17(11-9-13(2)10-12-17)16(19-3)14-7-5-6-8-15(14)18/h5-8,13,16,19H,4,9-12H2,1-3H3. The van der Waals surface area contributed by atoms with Crippen LogP contribution in [-0.2, 0) is 4.74 Å². The van der Waals surface area contributed by atoms with Crippen molar-refractivity contribution in [1.29, 1.82) is 0 Å². The molecule has 1 aromatic carbocycles. The van der Waals surface area contributed by atoms with Crippen LogP contribution in [0.1, 0.15) is 51.1 Å². The van der Waals surface area contributed by atoms with Crippen LogP contribution >= 0.6 is 0 Å². The Morgan fingerprint density at radius 3 is 2.55 bits per heavy atom. The van der Waals surface area contributed by atoms with Crippen molar-refractivity contribution >= 4 is 0 Å². The minimum Gasteiger partial charge on any atom is -0.373 e. The molecule has 2 nitrogen and oxygen atoms in total. The molecule has 0 aromatic heterocycles. The summed E-state index contributed by atoms with van der Waals surface area (Å²) in [6.07, 6.45) is 4.27. The van der Waals surface area contributed by atoms with Crippen molar-refractivity contribution in [3.63, 3.8) is 0 Å². The molecule has 0 radical (unpaired) electrons. The summed E-state index contributed by atoms with van der Waals surface area (Å²) in [7, 11) is 1.90. The van der Waals surface area contributed by atoms with Gasteiger partial charge in [0.05, 0.1) is 11.6 Å². The predicted molar refractivity (Wildman–Crippen MR) is 80.2 cm³/mol. The minimum atomic E-state index is -0.280. The zero-order valence-electron chi connectivity index (χ0n) is 12.8. The molecule has 2 rings (SSSR count). The Balaban J connectivity index is 2.33. The number of rotatable bonds is 5. The normalized spacial score (nSPS) is 28.3. The number of nitrogens with one attached hydrogen (secondary N) is 1. The van der Waals surface area contributed by atoms with Crippen LogP contribution in [0, 0.1) is 11.7 Å². The molecule has 20 heavy (non-hydrogen) atoms. The van der Waals surface area contributed by atoms with Gasteiger partial charge in [0.15, 0.2) is 0 Å². The summed E-state index contributed by atoms with van der Waals surface area (Å²) in [6.45, 7) is 4.97. The van der Waals surface area contributed by atoms with Crippen LogP contribution in [0.25, 0.3) is 0 Å². The van der Waals surface area contributed by atoms with Crippen LogP contribution in [0.15, 0.2) is 24.3 Å². The predicted octanol–water partition coefficient (Wildman–Crippen LogP) is 4.07. The average Bonchev–Trinajstić information content (AvgIpc) is 2.45. The SMILES string of the molecule is CCOC1(C(NC)c2ccccc2F)CCC(C)CC1. The molecule has 0 heterocycles. The lowest BCUT2D eigenvalue weighted by atomic mass is 9.73. The van der Waals surface area contributed by atoms with Crippen LogP contribution < -0.4 is 5.32 Å². The van der Waals surface area contributed by atoms with Gasteiger partial charge in [0.1, 0.15) is 5.82 Å². The molecule has 0 amide bonds. The van der Waals surface area contributed by atoms with E-state index in [1.165, 1.54) is 6.07 Å². The van der Waals surface area contributed by atoms with Gasteiger partial charge in [0.25, 0.3) is 0 Å². The average molecular weight is 279 g/mol. The van der Waals surface area contributed by atoms with E-state index >= 15 is 0 Å². The van der Waals surface area contributed by atoms with E-state index in [2.05, 4.69) is 12.2 Å². The molecule has 3 heteroatoms. The van der Waals surface area contributed by atoms with E-state index in [1.807, 2.05) is 26.1 Å². The van der Waals surface area contributed by atoms with Crippen molar-refractivity contribution in [3.8, 4) is 0 Å². The van der Waals surface area contributed by atoms with Gasteiger partial charge in [-0.05, 0) is 51.6 Å². The molecular formula is C17H26FNO. The summed E-state index contributed by atoms with van der Waals surface area (Å²) in [6, 6.07) is 6.95. The fourth-order valence-corrected chi connectivity index (χ4v) is 3.47. The zero-order chi connectivity index (χ0) is 14.6. The van der Waals surface area contributed by atoms with E-state index in [9.17, 15) is 4.39 Å². The van der Waals surface area contributed by atoms with Gasteiger partial charge in [-0.1, -0.05) is 25.1 Å². The van der Waals surface area contributed by atoms with E-state index in [0.717, 1.165) is 37.2 Å². The summed E-state index contributed by atoms with van der Waals surface area (Å²) in [4.78, 5) is 0. The Bertz CT molecular complexity index is 427. The zero-order valence-corrected chi connectivity index (χ0v) is 12.8. The number of halogens is 1. The first-order valence-electron chi connectivity index (χ1n) is 7.68. The fourth-order valence-electron chi connectivity index (χ4n) is 3.47. The molecule has 1 aromatic rings. The quantitative estimate of drug-likeness (QED) is 0.877. The van der Waals surface area contributed by atoms with Gasteiger partial charge >= 0.3 is 0 Å². The Labute approximate surface area is 121 Å². The molecule has 0 spiro atoms. The van der Waals surface area contributed by atoms with E-state index in [0.29, 0.717) is 6.61 Å². The van der Waals surface area contributed by atoms with Crippen molar-refractivity contribution in [3.05, 3.63) is 35.6 Å². The molecule has 0 aliphatic heterocycles. The Hall–Kier alpha value is -0.930. The van der Waals surface area contributed by atoms with Crippen LogP contribution in [0.2, 0.25) is 0 Å². The Morgan fingerprint density at radius 2 is 2.00 bits per heavy atom. The number of benzene rings is 1. The van der Waals surface area contributed by atoms with E-state index in [1.54, 1.807) is 6.07 Å². The summed E-state index contributed by atoms with van der Waals surface area (Å²) >= 11 is 0. The van der Waals surface area contributed by atoms with Gasteiger partial charge in [-0.15, -0.1) is 0 Å². The molecule has 0 bridgehead atoms. The van der Waals surface area contributed by atoms with Crippen molar-refractivity contribution in [2.75, 3.05) is 13.7 Å². The second-order valence-electron chi connectivity index (χ2n) is 5.92. The first kappa shape index (κ1) is 15.5. The minimum absolute atomic E-state index is 0.0869. The van der Waals surface area contributed by atoms with E-state index in [-0.39, 0.29) is 17.5 Å². The van der Waals surface area contributed by atoms with Gasteiger partial charge < -0.3 is 10.1 Å². The van der Waals surface area contributed by atoms with Crippen molar-refractivity contribution in [2.45, 2.75) is 51.2 Å². The van der Waals surface area contributed by atoms with Crippen LogP contribution in [-0.4, -0.2) is 19.3 Å². The topological polar surface area (TPSA) is 21.3 Å². The molecule has 0 saturated heterocycles. The molecule has 1 aliphatic carbocycles. The molecule has 1 N–H and O–H groups in total. The van der Waals surface area contributed by atoms with Crippen LogP contribution in [0.3, 0.4) is 0 Å². The van der Waals surface area contributed by atoms with Crippen LogP contribution in [0.5, 0.6) is 0 Å². The third-order valence-electron chi connectivity index (χ3n) is 4.58. The highest BCUT2D eigenvalue weighted by Gasteiger charge is 2.43. The van der Waals surface area contributed by atoms with Crippen molar-refractivity contribution < 1.29 is 9.13 Å². The Morgan fingerprint density at radius 1 is 1.35 bits per heavy atom.